The van der Waals surface area contributed by atoms with Crippen LogP contribution in [0.25, 0.3) is 16.9 Å². The van der Waals surface area contributed by atoms with Gasteiger partial charge in [0.05, 0.1) is 18.2 Å². The predicted molar refractivity (Wildman–Crippen MR) is 233 cm³/mol. The number of aliphatic hydroxyl groups is 1. The lowest BCUT2D eigenvalue weighted by Gasteiger charge is -2.37. The molecule has 6 heterocycles. The van der Waals surface area contributed by atoms with Crippen LogP contribution in [0.2, 0.25) is 0 Å². The first-order chi connectivity index (χ1) is 29.2. The molecule has 14 nitrogen and oxygen atoms in total. The zero-order chi connectivity index (χ0) is 41.4. The van der Waals surface area contributed by atoms with Gasteiger partial charge in [0.2, 0.25) is 17.8 Å². The van der Waals surface area contributed by atoms with E-state index in [2.05, 4.69) is 61.6 Å². The summed E-state index contributed by atoms with van der Waals surface area (Å²) in [4.78, 5) is 56.5. The van der Waals surface area contributed by atoms with E-state index in [1.807, 2.05) is 43.3 Å². The van der Waals surface area contributed by atoms with Crippen molar-refractivity contribution in [1.29, 1.82) is 0 Å². The Morgan fingerprint density at radius 3 is 2.27 bits per heavy atom. The summed E-state index contributed by atoms with van der Waals surface area (Å²) in [6, 6.07) is 21.1. The maximum absolute atomic E-state index is 13.5. The largest absolute Gasteiger partial charge is 0.384 e. The molecule has 312 valence electrons. The van der Waals surface area contributed by atoms with Crippen LogP contribution in [0.15, 0.2) is 84.3 Å². The summed E-state index contributed by atoms with van der Waals surface area (Å²) in [5.41, 5.74) is 5.09. The van der Waals surface area contributed by atoms with E-state index in [-0.39, 0.29) is 29.8 Å². The predicted octanol–water partition coefficient (Wildman–Crippen LogP) is 5.45. The van der Waals surface area contributed by atoms with Crippen LogP contribution in [0.1, 0.15) is 81.0 Å². The fourth-order valence-electron chi connectivity index (χ4n) is 9.50. The van der Waals surface area contributed by atoms with Crippen molar-refractivity contribution < 1.29 is 14.7 Å². The number of anilines is 4. The quantitative estimate of drug-likeness (QED) is 0.0938. The molecule has 0 saturated carbocycles. The van der Waals surface area contributed by atoms with Crippen molar-refractivity contribution in [3.05, 3.63) is 107 Å². The number of aryl methyl sites for hydroxylation is 1. The molecule has 0 radical (unpaired) electrons. The molecule has 0 bridgehead atoms. The smallest absolute Gasteiger partial charge is 0.278 e. The lowest BCUT2D eigenvalue weighted by molar-refractivity contribution is -0.134. The normalized spacial score (nSPS) is 21.3. The van der Waals surface area contributed by atoms with Gasteiger partial charge in [-0.05, 0) is 117 Å². The Bertz CT molecular complexity index is 2450. The number of imide groups is 1. The van der Waals surface area contributed by atoms with Gasteiger partial charge in [-0.3, -0.25) is 19.7 Å². The van der Waals surface area contributed by atoms with Crippen LogP contribution in [0.3, 0.4) is 0 Å². The molecule has 5 aromatic rings. The van der Waals surface area contributed by atoms with Gasteiger partial charge in [-0.1, -0.05) is 31.2 Å². The average molecular weight is 811 g/mol. The Labute approximate surface area is 349 Å². The maximum atomic E-state index is 13.5. The Balaban J connectivity index is 0.772. The second-order valence-electron chi connectivity index (χ2n) is 16.8. The van der Waals surface area contributed by atoms with Gasteiger partial charge in [0.25, 0.3) is 5.56 Å². The number of amides is 2. The van der Waals surface area contributed by atoms with Crippen molar-refractivity contribution in [2.24, 2.45) is 5.92 Å². The molecule has 2 aromatic carbocycles. The van der Waals surface area contributed by atoms with E-state index < -0.39 is 5.60 Å². The Hall–Kier alpha value is -5.86. The molecule has 4 aliphatic rings. The van der Waals surface area contributed by atoms with Gasteiger partial charge in [-0.25, -0.2) is 19.3 Å². The van der Waals surface area contributed by atoms with Gasteiger partial charge in [-0.15, -0.1) is 6.58 Å². The van der Waals surface area contributed by atoms with E-state index in [0.717, 1.165) is 81.6 Å². The van der Waals surface area contributed by atoms with Gasteiger partial charge in [0, 0.05) is 61.9 Å². The highest BCUT2D eigenvalue weighted by Gasteiger charge is 2.37. The van der Waals surface area contributed by atoms with Gasteiger partial charge >= 0.3 is 0 Å². The zero-order valence-corrected chi connectivity index (χ0v) is 34.3. The monoisotopic (exact) mass is 810 g/mol. The van der Waals surface area contributed by atoms with Crippen LogP contribution in [-0.2, 0) is 28.2 Å². The first kappa shape index (κ1) is 39.6. The number of fused-ring (bicyclic) bond motifs is 2. The summed E-state index contributed by atoms with van der Waals surface area (Å²) in [5, 5.41) is 21.3. The molecule has 60 heavy (non-hydrogen) atoms. The van der Waals surface area contributed by atoms with Crippen molar-refractivity contribution in [2.45, 2.75) is 88.8 Å². The van der Waals surface area contributed by atoms with E-state index in [9.17, 15) is 19.5 Å². The number of carbonyl (C=O) groups excluding carboxylic acids is 2. The standard InChI is InChI=1S/C46H54N10O4/c1-3-23-55-44(59)38-29-48-45(52-42(38)56(55)39-15-7-32-17-22-46(60,4-2)41(32)50-39)49-34-8-12-36(13-9-34)54-26-20-33(21-27-54)47-28-30-18-24-53(25-19-30)35-10-5-31(6-11-35)37-14-16-40(57)51-43(37)58/h3,5-13,15,29-30,33,37,47,60H,1,4,14,16-28H2,2H3,(H,48,49,52)(H,51,57,58)/t37?,46-/m1/s1. The Morgan fingerprint density at radius 2 is 1.58 bits per heavy atom. The molecule has 3 aliphatic heterocycles. The molecule has 2 amide bonds. The molecule has 3 fully saturated rings. The molecule has 2 atom stereocenters. The highest BCUT2D eigenvalue weighted by molar-refractivity contribution is 6.01. The summed E-state index contributed by atoms with van der Waals surface area (Å²) in [6.45, 7) is 11.2. The maximum Gasteiger partial charge on any atom is 0.278 e. The Kier molecular flexibility index (Phi) is 11.0. The number of rotatable bonds is 12. The third-order valence-corrected chi connectivity index (χ3v) is 13.2. The molecule has 0 spiro atoms. The number of pyridine rings is 1. The number of carbonyl (C=O) groups is 2. The van der Waals surface area contributed by atoms with Crippen LogP contribution in [-0.4, -0.2) is 80.0 Å². The number of hydrogen-bond acceptors (Lipinski definition) is 11. The number of piperidine rings is 3. The molecule has 14 heteroatoms. The molecule has 3 saturated heterocycles. The first-order valence-corrected chi connectivity index (χ1v) is 21.6. The van der Waals surface area contributed by atoms with Crippen LogP contribution in [0, 0.1) is 5.92 Å². The highest BCUT2D eigenvalue weighted by Crippen LogP contribution is 2.38. The number of hydrogen-bond donors (Lipinski definition) is 4. The second-order valence-corrected chi connectivity index (χ2v) is 16.8. The summed E-state index contributed by atoms with van der Waals surface area (Å²) < 4.78 is 3.26. The van der Waals surface area contributed by atoms with Crippen LogP contribution >= 0.6 is 0 Å². The van der Waals surface area contributed by atoms with E-state index in [0.29, 0.717) is 66.1 Å². The molecule has 1 aliphatic carbocycles. The van der Waals surface area contributed by atoms with E-state index >= 15 is 0 Å². The number of nitrogens with zero attached hydrogens (tertiary/aromatic N) is 7. The lowest BCUT2D eigenvalue weighted by atomic mass is 9.90. The third-order valence-electron chi connectivity index (χ3n) is 13.2. The minimum atomic E-state index is -0.987. The van der Waals surface area contributed by atoms with Crippen LogP contribution < -0.4 is 31.3 Å². The van der Waals surface area contributed by atoms with Crippen molar-refractivity contribution in [1.82, 2.24) is 34.9 Å². The van der Waals surface area contributed by atoms with E-state index in [1.54, 1.807) is 21.6 Å². The van der Waals surface area contributed by atoms with Gasteiger partial charge in [0.1, 0.15) is 11.0 Å². The molecule has 1 unspecified atom stereocenters. The number of nitrogens with one attached hydrogen (secondary N) is 3. The van der Waals surface area contributed by atoms with Gasteiger partial charge in [-0.2, -0.15) is 4.98 Å². The number of benzene rings is 2. The topological polar surface area (TPSA) is 163 Å². The lowest BCUT2D eigenvalue weighted by Crippen LogP contribution is -2.45. The minimum Gasteiger partial charge on any atom is -0.384 e. The Morgan fingerprint density at radius 1 is 0.883 bits per heavy atom. The fourth-order valence-corrected chi connectivity index (χ4v) is 9.50. The first-order valence-electron chi connectivity index (χ1n) is 21.6. The molecular formula is C46H54N10O4. The van der Waals surface area contributed by atoms with Crippen molar-refractivity contribution in [3.63, 3.8) is 0 Å². The minimum absolute atomic E-state index is 0.180. The molecule has 4 N–H and O–H groups in total. The average Bonchev–Trinajstić information content (AvgIpc) is 3.75. The zero-order valence-electron chi connectivity index (χ0n) is 34.3. The molecule has 9 rings (SSSR count). The fraction of sp³-hybridized carbons (Fsp3) is 0.435. The van der Waals surface area contributed by atoms with Crippen LogP contribution in [0.4, 0.5) is 23.0 Å². The second kappa shape index (κ2) is 16.7. The van der Waals surface area contributed by atoms with Crippen LogP contribution in [0.5, 0.6) is 0 Å². The number of allylic oxidation sites excluding steroid dienone is 1. The highest BCUT2D eigenvalue weighted by atomic mass is 16.3. The van der Waals surface area contributed by atoms with Gasteiger partial charge in [0.15, 0.2) is 11.5 Å². The van der Waals surface area contributed by atoms with Crippen molar-refractivity contribution >= 4 is 45.9 Å². The van der Waals surface area contributed by atoms with Crippen molar-refractivity contribution in [2.75, 3.05) is 47.8 Å². The molecule has 3 aromatic heterocycles. The van der Waals surface area contributed by atoms with Gasteiger partial charge < -0.3 is 25.5 Å². The SMILES string of the molecule is C=CCn1c(=O)c2cnc(Nc3ccc(N4CCC(NCC5CCN(c6ccc(C7CCC(=O)NC7=O)cc6)CC5)CC4)cc3)nc2n1-c1ccc2c(n1)[C@@](O)(CC)CC2. The number of aromatic nitrogens is 5. The van der Waals surface area contributed by atoms with Crippen molar-refractivity contribution in [3.8, 4) is 5.82 Å². The summed E-state index contributed by atoms with van der Waals surface area (Å²) in [6.07, 6.45) is 10.6. The summed E-state index contributed by atoms with van der Waals surface area (Å²) >= 11 is 0. The van der Waals surface area contributed by atoms with E-state index in [4.69, 9.17) is 9.97 Å². The molecular weight excluding hydrogens is 757 g/mol. The third kappa shape index (κ3) is 7.81. The summed E-state index contributed by atoms with van der Waals surface area (Å²) in [7, 11) is 0. The summed E-state index contributed by atoms with van der Waals surface area (Å²) in [5.74, 6) is 0.923. The van der Waals surface area contributed by atoms with E-state index in [1.165, 1.54) is 11.4 Å².